The molecule has 25 heavy (non-hydrogen) atoms. The Balaban J connectivity index is 1.76. The molecule has 0 N–H and O–H groups in total. The Morgan fingerprint density at radius 3 is 2.84 bits per heavy atom. The third kappa shape index (κ3) is 2.67. The first-order valence-corrected chi connectivity index (χ1v) is 7.74. The highest BCUT2D eigenvalue weighted by Gasteiger charge is 2.36. The lowest BCUT2D eigenvalue weighted by molar-refractivity contribution is -0.141. The zero-order valence-electron chi connectivity index (χ0n) is 13.3. The minimum Gasteiger partial charge on any atom is -0.346 e. The maximum Gasteiger partial charge on any atom is 0.433 e. The third-order valence-corrected chi connectivity index (χ3v) is 4.30. The fourth-order valence-electron chi connectivity index (χ4n) is 3.16. The Bertz CT molecular complexity index is 921. The largest absolute Gasteiger partial charge is 0.433 e. The molecule has 10 heteroatoms. The average molecular weight is 349 g/mol. The van der Waals surface area contributed by atoms with Crippen LogP contribution in [0.15, 0.2) is 24.8 Å². The molecule has 130 valence electrons. The molecule has 7 nitrogen and oxygen atoms in total. The Kier molecular flexibility index (Phi) is 3.55. The van der Waals surface area contributed by atoms with Crippen LogP contribution in [0.4, 0.5) is 19.0 Å². The normalized spacial score (nSPS) is 18.2. The van der Waals surface area contributed by atoms with Crippen molar-refractivity contribution in [2.75, 3.05) is 11.4 Å². The van der Waals surface area contributed by atoms with Gasteiger partial charge < -0.3 is 4.90 Å². The van der Waals surface area contributed by atoms with Crippen molar-refractivity contribution in [2.24, 2.45) is 7.05 Å². The van der Waals surface area contributed by atoms with Crippen molar-refractivity contribution in [3.8, 4) is 0 Å². The van der Waals surface area contributed by atoms with E-state index in [0.29, 0.717) is 24.4 Å². The Morgan fingerprint density at radius 2 is 2.04 bits per heavy atom. The minimum atomic E-state index is -4.49. The van der Waals surface area contributed by atoms with Gasteiger partial charge in [-0.25, -0.2) is 19.9 Å². The molecule has 0 saturated carbocycles. The first-order valence-electron chi connectivity index (χ1n) is 7.74. The van der Waals surface area contributed by atoms with Gasteiger partial charge in [-0.2, -0.15) is 18.3 Å². The van der Waals surface area contributed by atoms with E-state index in [1.54, 1.807) is 17.9 Å². The van der Waals surface area contributed by atoms with E-state index in [1.165, 1.54) is 6.33 Å². The fraction of sp³-hybridized carbons (Fsp3) is 0.400. The van der Waals surface area contributed by atoms with E-state index in [-0.39, 0.29) is 11.9 Å². The van der Waals surface area contributed by atoms with E-state index in [1.807, 2.05) is 4.90 Å². The summed E-state index contributed by atoms with van der Waals surface area (Å²) in [6.07, 6.45) is 1.23. The summed E-state index contributed by atoms with van der Waals surface area (Å²) in [5.41, 5.74) is -0.265. The summed E-state index contributed by atoms with van der Waals surface area (Å²) in [6, 6.07) is 0.521. The van der Waals surface area contributed by atoms with Gasteiger partial charge >= 0.3 is 6.18 Å². The second-order valence-corrected chi connectivity index (χ2v) is 5.85. The predicted molar refractivity (Wildman–Crippen MR) is 82.7 cm³/mol. The lowest BCUT2D eigenvalue weighted by Gasteiger charge is -2.25. The molecule has 1 fully saturated rings. The molecule has 0 amide bonds. The zero-order valence-corrected chi connectivity index (χ0v) is 13.3. The average Bonchev–Trinajstić information content (AvgIpc) is 3.21. The topological polar surface area (TPSA) is 72.6 Å². The maximum absolute atomic E-state index is 13.0. The van der Waals surface area contributed by atoms with Gasteiger partial charge in [-0.1, -0.05) is 0 Å². The standard InChI is InChI=1S/C15H14F3N7/c1-24-13-9(7-22-24)14(21-8-20-13)25-6-2-3-10(25)12-19-5-4-11(23-12)15(16,17)18/h4-5,7-8,10H,2-3,6H2,1H3. The van der Waals surface area contributed by atoms with Crippen molar-refractivity contribution < 1.29 is 13.2 Å². The highest BCUT2D eigenvalue weighted by atomic mass is 19.4. The molecular weight excluding hydrogens is 335 g/mol. The van der Waals surface area contributed by atoms with Gasteiger partial charge in [-0.15, -0.1) is 0 Å². The Hall–Kier alpha value is -2.78. The van der Waals surface area contributed by atoms with Crippen molar-refractivity contribution >= 4 is 16.9 Å². The number of hydrogen-bond donors (Lipinski definition) is 0. The van der Waals surface area contributed by atoms with E-state index in [4.69, 9.17) is 0 Å². The fourth-order valence-corrected chi connectivity index (χ4v) is 3.16. The molecule has 0 spiro atoms. The van der Waals surface area contributed by atoms with E-state index in [9.17, 15) is 13.2 Å². The van der Waals surface area contributed by atoms with Crippen LogP contribution in [0.25, 0.3) is 11.0 Å². The van der Waals surface area contributed by atoms with Crippen molar-refractivity contribution in [1.29, 1.82) is 0 Å². The molecule has 3 aromatic heterocycles. The molecule has 3 aromatic rings. The van der Waals surface area contributed by atoms with Crippen LogP contribution in [0.5, 0.6) is 0 Å². The second-order valence-electron chi connectivity index (χ2n) is 5.85. The molecule has 0 radical (unpaired) electrons. The van der Waals surface area contributed by atoms with Crippen LogP contribution >= 0.6 is 0 Å². The smallest absolute Gasteiger partial charge is 0.346 e. The summed E-state index contributed by atoms with van der Waals surface area (Å²) in [7, 11) is 1.77. The molecule has 0 aromatic carbocycles. The number of aromatic nitrogens is 6. The van der Waals surface area contributed by atoms with E-state index < -0.39 is 11.9 Å². The van der Waals surface area contributed by atoms with Gasteiger partial charge in [0.2, 0.25) is 0 Å². The predicted octanol–water partition coefficient (Wildman–Crippen LogP) is 2.51. The molecular formula is C15H14F3N7. The molecule has 1 aliphatic rings. The van der Waals surface area contributed by atoms with Gasteiger partial charge in [0, 0.05) is 19.8 Å². The van der Waals surface area contributed by atoms with Crippen molar-refractivity contribution in [3.63, 3.8) is 0 Å². The molecule has 1 unspecified atom stereocenters. The van der Waals surface area contributed by atoms with Gasteiger partial charge in [0.05, 0.1) is 17.6 Å². The lowest BCUT2D eigenvalue weighted by Crippen LogP contribution is -2.26. The number of halogens is 3. The summed E-state index contributed by atoms with van der Waals surface area (Å²) >= 11 is 0. The number of rotatable bonds is 2. The lowest BCUT2D eigenvalue weighted by atomic mass is 10.2. The van der Waals surface area contributed by atoms with Gasteiger partial charge in [0.1, 0.15) is 17.8 Å². The monoisotopic (exact) mass is 349 g/mol. The number of nitrogens with zero attached hydrogens (tertiary/aromatic N) is 7. The van der Waals surface area contributed by atoms with Crippen molar-refractivity contribution in [1.82, 2.24) is 29.7 Å². The highest BCUT2D eigenvalue weighted by molar-refractivity contribution is 5.86. The third-order valence-electron chi connectivity index (χ3n) is 4.30. The van der Waals surface area contributed by atoms with Crippen molar-refractivity contribution in [2.45, 2.75) is 25.1 Å². The SMILES string of the molecule is Cn1ncc2c(N3CCCC3c3nccc(C(F)(F)F)n3)ncnc21. The van der Waals surface area contributed by atoms with Crippen LogP contribution in [0.3, 0.4) is 0 Å². The maximum atomic E-state index is 13.0. The summed E-state index contributed by atoms with van der Waals surface area (Å²) < 4.78 is 40.5. The molecule has 1 atom stereocenters. The number of alkyl halides is 3. The summed E-state index contributed by atoms with van der Waals surface area (Å²) in [6.45, 7) is 0.658. The molecule has 1 aliphatic heterocycles. The van der Waals surface area contributed by atoms with E-state index >= 15 is 0 Å². The van der Waals surface area contributed by atoms with E-state index in [2.05, 4.69) is 25.0 Å². The highest BCUT2D eigenvalue weighted by Crippen LogP contribution is 2.37. The van der Waals surface area contributed by atoms with Crippen molar-refractivity contribution in [3.05, 3.63) is 36.3 Å². The van der Waals surface area contributed by atoms with Crippen LogP contribution in [0, 0.1) is 0 Å². The summed E-state index contributed by atoms with van der Waals surface area (Å²) in [5, 5.41) is 4.93. The van der Waals surface area contributed by atoms with Crippen LogP contribution in [-0.2, 0) is 13.2 Å². The number of aryl methyl sites for hydroxylation is 1. The quantitative estimate of drug-likeness (QED) is 0.708. The van der Waals surface area contributed by atoms with Gasteiger partial charge in [-0.05, 0) is 18.9 Å². The second kappa shape index (κ2) is 5.64. The summed E-state index contributed by atoms with van der Waals surface area (Å²) in [5.74, 6) is 0.796. The van der Waals surface area contributed by atoms with E-state index in [0.717, 1.165) is 24.1 Å². The first-order chi connectivity index (χ1) is 11.9. The Labute approximate surface area is 140 Å². The van der Waals surface area contributed by atoms with Crippen LogP contribution in [0.1, 0.15) is 30.4 Å². The Morgan fingerprint density at radius 1 is 1.20 bits per heavy atom. The molecule has 0 aliphatic carbocycles. The first kappa shape index (κ1) is 15.7. The van der Waals surface area contributed by atoms with Crippen LogP contribution in [0.2, 0.25) is 0 Å². The van der Waals surface area contributed by atoms with Crippen LogP contribution < -0.4 is 4.90 Å². The van der Waals surface area contributed by atoms with Crippen LogP contribution in [-0.4, -0.2) is 36.3 Å². The van der Waals surface area contributed by atoms with Gasteiger partial charge in [-0.3, -0.25) is 4.68 Å². The number of anilines is 1. The number of hydrogen-bond acceptors (Lipinski definition) is 6. The van der Waals surface area contributed by atoms with Gasteiger partial charge in [0.15, 0.2) is 11.5 Å². The minimum absolute atomic E-state index is 0.156. The molecule has 0 bridgehead atoms. The zero-order chi connectivity index (χ0) is 17.6. The van der Waals surface area contributed by atoms with Gasteiger partial charge in [0.25, 0.3) is 0 Å². The molecule has 4 rings (SSSR count). The molecule has 1 saturated heterocycles. The summed E-state index contributed by atoms with van der Waals surface area (Å²) in [4.78, 5) is 18.3. The number of fused-ring (bicyclic) bond motifs is 1. The molecule has 4 heterocycles.